The number of amides is 3. The van der Waals surface area contributed by atoms with Crippen molar-refractivity contribution in [3.8, 4) is 17.2 Å². The highest BCUT2D eigenvalue weighted by atomic mass is 16.5. The number of nitrogens with zero attached hydrogens (tertiary/aromatic N) is 1. The molecule has 37 heavy (non-hydrogen) atoms. The lowest BCUT2D eigenvalue weighted by atomic mass is 9.93. The van der Waals surface area contributed by atoms with E-state index in [2.05, 4.69) is 10.6 Å². The highest BCUT2D eigenvalue weighted by molar-refractivity contribution is 5.95. The molecule has 2 aromatic carbocycles. The van der Waals surface area contributed by atoms with Crippen LogP contribution < -0.4 is 24.8 Å². The molecule has 2 aromatic rings. The van der Waals surface area contributed by atoms with Crippen molar-refractivity contribution in [2.24, 2.45) is 5.41 Å². The molecule has 1 fully saturated rings. The number of benzene rings is 2. The molecule has 5 rings (SSSR count). The van der Waals surface area contributed by atoms with E-state index in [1.807, 2.05) is 38.1 Å². The predicted molar refractivity (Wildman–Crippen MR) is 135 cm³/mol. The van der Waals surface area contributed by atoms with Crippen molar-refractivity contribution in [1.29, 1.82) is 0 Å². The van der Waals surface area contributed by atoms with Gasteiger partial charge < -0.3 is 34.5 Å². The Balaban J connectivity index is 1.64. The van der Waals surface area contributed by atoms with Gasteiger partial charge in [-0.25, -0.2) is 0 Å². The second-order valence-electron chi connectivity index (χ2n) is 9.84. The molecule has 3 amide bonds. The highest BCUT2D eigenvalue weighted by Gasteiger charge is 2.42. The van der Waals surface area contributed by atoms with Gasteiger partial charge in [-0.1, -0.05) is 12.1 Å². The Morgan fingerprint density at radius 1 is 1.11 bits per heavy atom. The molecule has 0 spiro atoms. The summed E-state index contributed by atoms with van der Waals surface area (Å²) in [6.45, 7) is 4.63. The SMILES string of the molecule is COCC(C)(C)C(=O)N1C[C@@H]2NC(=O)c3ccc(OC)c(c3)OCC(=O)NCc3ccc(cc3)O[C@H]2C1. The normalized spacial score (nSPS) is 20.2. The van der Waals surface area contributed by atoms with Gasteiger partial charge in [-0.3, -0.25) is 14.4 Å². The van der Waals surface area contributed by atoms with Crippen LogP contribution in [-0.2, 0) is 20.9 Å². The zero-order chi connectivity index (χ0) is 26.6. The predicted octanol–water partition coefficient (Wildman–Crippen LogP) is 1.76. The summed E-state index contributed by atoms with van der Waals surface area (Å²) in [5, 5.41) is 5.83. The molecule has 4 bridgehead atoms. The van der Waals surface area contributed by atoms with E-state index in [0.717, 1.165) is 5.56 Å². The van der Waals surface area contributed by atoms with Gasteiger partial charge in [-0.15, -0.1) is 0 Å². The molecular weight excluding hydrogens is 478 g/mol. The van der Waals surface area contributed by atoms with Crippen molar-refractivity contribution >= 4 is 17.7 Å². The second kappa shape index (κ2) is 11.1. The van der Waals surface area contributed by atoms with Crippen molar-refractivity contribution < 1.29 is 33.3 Å². The zero-order valence-corrected chi connectivity index (χ0v) is 21.5. The Labute approximate surface area is 216 Å². The van der Waals surface area contributed by atoms with Gasteiger partial charge in [0.05, 0.1) is 31.7 Å². The molecule has 0 saturated carbocycles. The average molecular weight is 512 g/mol. The summed E-state index contributed by atoms with van der Waals surface area (Å²) >= 11 is 0. The van der Waals surface area contributed by atoms with Crippen LogP contribution in [0.1, 0.15) is 29.8 Å². The number of methoxy groups -OCH3 is 2. The van der Waals surface area contributed by atoms with E-state index in [0.29, 0.717) is 36.7 Å². The van der Waals surface area contributed by atoms with Crippen LogP contribution in [0.4, 0.5) is 0 Å². The lowest BCUT2D eigenvalue weighted by Gasteiger charge is -2.28. The van der Waals surface area contributed by atoms with E-state index in [1.54, 1.807) is 24.1 Å². The van der Waals surface area contributed by atoms with Crippen molar-refractivity contribution in [3.63, 3.8) is 0 Å². The monoisotopic (exact) mass is 511 g/mol. The van der Waals surface area contributed by atoms with E-state index in [-0.39, 0.29) is 36.7 Å². The van der Waals surface area contributed by atoms with E-state index in [4.69, 9.17) is 18.9 Å². The van der Waals surface area contributed by atoms with Gasteiger partial charge in [-0.2, -0.15) is 0 Å². The summed E-state index contributed by atoms with van der Waals surface area (Å²) in [5.74, 6) is 0.530. The van der Waals surface area contributed by atoms with E-state index < -0.39 is 17.6 Å². The molecule has 3 aliphatic rings. The first-order valence-electron chi connectivity index (χ1n) is 12.1. The molecule has 0 aliphatic carbocycles. The van der Waals surface area contributed by atoms with Crippen molar-refractivity contribution in [2.75, 3.05) is 40.5 Å². The second-order valence-corrected chi connectivity index (χ2v) is 9.84. The van der Waals surface area contributed by atoms with Crippen LogP contribution in [0, 0.1) is 5.41 Å². The first-order valence-corrected chi connectivity index (χ1v) is 12.1. The lowest BCUT2D eigenvalue weighted by Crippen LogP contribution is -2.46. The number of likely N-dealkylation sites (tertiary alicyclic amines) is 1. The zero-order valence-electron chi connectivity index (χ0n) is 21.5. The van der Waals surface area contributed by atoms with Crippen LogP contribution in [0.3, 0.4) is 0 Å². The number of ether oxygens (including phenoxy) is 4. The van der Waals surface area contributed by atoms with E-state index in [1.165, 1.54) is 13.2 Å². The Hall–Kier alpha value is -3.79. The topological polar surface area (TPSA) is 115 Å². The van der Waals surface area contributed by atoms with Gasteiger partial charge in [0.2, 0.25) is 5.91 Å². The van der Waals surface area contributed by atoms with Gasteiger partial charge in [0.1, 0.15) is 11.9 Å². The third kappa shape index (κ3) is 6.14. The molecule has 10 heteroatoms. The van der Waals surface area contributed by atoms with Gasteiger partial charge >= 0.3 is 0 Å². The molecular formula is C27H33N3O7. The first kappa shape index (κ1) is 26.3. The molecule has 2 atom stereocenters. The first-order chi connectivity index (χ1) is 17.7. The number of hydrogen-bond acceptors (Lipinski definition) is 7. The summed E-state index contributed by atoms with van der Waals surface area (Å²) in [6.07, 6.45) is -0.471. The van der Waals surface area contributed by atoms with Crippen LogP contribution in [0.2, 0.25) is 0 Å². The minimum absolute atomic E-state index is 0.0759. The Kier molecular flexibility index (Phi) is 7.87. The van der Waals surface area contributed by atoms with Crippen LogP contribution in [0.5, 0.6) is 17.2 Å². The molecule has 10 nitrogen and oxygen atoms in total. The summed E-state index contributed by atoms with van der Waals surface area (Å²) < 4.78 is 22.5. The number of fused-ring (bicyclic) bond motifs is 7. The van der Waals surface area contributed by atoms with Crippen molar-refractivity contribution in [3.05, 3.63) is 53.6 Å². The Morgan fingerprint density at radius 2 is 1.86 bits per heavy atom. The Bertz CT molecular complexity index is 1150. The molecule has 0 radical (unpaired) electrons. The third-order valence-electron chi connectivity index (χ3n) is 6.44. The largest absolute Gasteiger partial charge is 0.493 e. The fourth-order valence-electron chi connectivity index (χ4n) is 4.49. The van der Waals surface area contributed by atoms with Gasteiger partial charge in [0.15, 0.2) is 18.1 Å². The average Bonchev–Trinajstić information content (AvgIpc) is 3.27. The standard InChI is InChI=1S/C27H33N3O7/c1-27(2,16-34-3)26(33)30-13-20-23(14-30)37-19-8-5-17(6-9-19)12-28-24(31)15-36-22-11-18(25(32)29-20)7-10-21(22)35-4/h5-11,20,23H,12-16H2,1-4H3,(H,28,31)(H,29,32)/t20-,23-/m0/s1. The van der Waals surface area contributed by atoms with Crippen LogP contribution >= 0.6 is 0 Å². The number of carbonyl (C=O) groups is 3. The minimum atomic E-state index is -0.722. The molecule has 0 unspecified atom stereocenters. The van der Waals surface area contributed by atoms with Gasteiger partial charge in [0, 0.05) is 25.8 Å². The van der Waals surface area contributed by atoms with Crippen LogP contribution in [0.15, 0.2) is 42.5 Å². The number of nitrogens with one attached hydrogen (secondary N) is 2. The molecule has 0 aromatic heterocycles. The highest BCUT2D eigenvalue weighted by Crippen LogP contribution is 2.29. The van der Waals surface area contributed by atoms with Crippen LogP contribution in [0.25, 0.3) is 0 Å². The smallest absolute Gasteiger partial charge is 0.258 e. The molecule has 198 valence electrons. The van der Waals surface area contributed by atoms with E-state index >= 15 is 0 Å². The molecule has 3 heterocycles. The number of rotatable bonds is 4. The van der Waals surface area contributed by atoms with Crippen LogP contribution in [-0.4, -0.2) is 75.3 Å². The summed E-state index contributed by atoms with van der Waals surface area (Å²) in [6, 6.07) is 11.6. The minimum Gasteiger partial charge on any atom is -0.493 e. The molecule has 3 aliphatic heterocycles. The van der Waals surface area contributed by atoms with Crippen molar-refractivity contribution in [2.45, 2.75) is 32.5 Å². The summed E-state index contributed by atoms with van der Waals surface area (Å²) in [4.78, 5) is 40.5. The molecule has 1 saturated heterocycles. The summed E-state index contributed by atoms with van der Waals surface area (Å²) in [5.41, 5.74) is 0.493. The third-order valence-corrected chi connectivity index (χ3v) is 6.44. The van der Waals surface area contributed by atoms with Gasteiger partial charge in [-0.05, 0) is 49.7 Å². The maximum absolute atomic E-state index is 13.3. The Morgan fingerprint density at radius 3 is 2.57 bits per heavy atom. The maximum atomic E-state index is 13.3. The molecule has 2 N–H and O–H groups in total. The van der Waals surface area contributed by atoms with Gasteiger partial charge in [0.25, 0.3) is 11.8 Å². The maximum Gasteiger partial charge on any atom is 0.258 e. The lowest BCUT2D eigenvalue weighted by molar-refractivity contribution is -0.142. The number of carbonyl (C=O) groups excluding carboxylic acids is 3. The number of hydrogen-bond donors (Lipinski definition) is 2. The van der Waals surface area contributed by atoms with E-state index in [9.17, 15) is 14.4 Å². The van der Waals surface area contributed by atoms with Crippen molar-refractivity contribution in [1.82, 2.24) is 15.5 Å². The fraction of sp³-hybridized carbons (Fsp3) is 0.444. The summed E-state index contributed by atoms with van der Waals surface area (Å²) in [7, 11) is 3.05. The fourth-order valence-corrected chi connectivity index (χ4v) is 4.49. The quantitative estimate of drug-likeness (QED) is 0.643.